The summed E-state index contributed by atoms with van der Waals surface area (Å²) in [5, 5.41) is 0. The quantitative estimate of drug-likeness (QED) is 0.752. The zero-order chi connectivity index (χ0) is 13.1. The predicted molar refractivity (Wildman–Crippen MR) is 77.8 cm³/mol. The lowest BCUT2D eigenvalue weighted by Gasteiger charge is -2.17. The molecule has 2 nitrogen and oxygen atoms in total. The van der Waals surface area contributed by atoms with Crippen LogP contribution in [0.1, 0.15) is 27.7 Å². The van der Waals surface area contributed by atoms with E-state index in [0.717, 1.165) is 0 Å². The van der Waals surface area contributed by atoms with Crippen LogP contribution in [0.4, 0.5) is 11.4 Å². The minimum Gasteiger partial charge on any atom is -0.378 e. The van der Waals surface area contributed by atoms with Gasteiger partial charge in [-0.05, 0) is 18.2 Å². The maximum atomic E-state index is 2.17. The molecule has 0 amide bonds. The van der Waals surface area contributed by atoms with Crippen LogP contribution in [-0.4, -0.2) is 28.2 Å². The Labute approximate surface area is 102 Å². The zero-order valence-electron chi connectivity index (χ0n) is 12.2. The van der Waals surface area contributed by atoms with Gasteiger partial charge in [0.2, 0.25) is 0 Å². The topological polar surface area (TPSA) is 6.48 Å². The van der Waals surface area contributed by atoms with Gasteiger partial charge in [-0.2, -0.15) is 0 Å². The molecule has 0 spiro atoms. The van der Waals surface area contributed by atoms with Gasteiger partial charge in [-0.25, -0.2) is 0 Å². The minimum absolute atomic E-state index is 1.24. The van der Waals surface area contributed by atoms with Crippen LogP contribution < -0.4 is 9.80 Å². The summed E-state index contributed by atoms with van der Waals surface area (Å²) >= 11 is 0. The third kappa shape index (κ3) is 6.33. The first-order valence-electron chi connectivity index (χ1n) is 6.06. The Morgan fingerprint density at radius 3 is 1.25 bits per heavy atom. The molecule has 1 aromatic carbocycles. The standard InChI is InChI=1S/C10H16N2.2C2H6/c1-11(2)9-6-5-7-10(8-9)12(3)4;2*1-2/h5-8H,1-4H3;2*1-2H3. The van der Waals surface area contributed by atoms with Gasteiger partial charge in [-0.1, -0.05) is 33.8 Å². The van der Waals surface area contributed by atoms with Crippen molar-refractivity contribution in [3.05, 3.63) is 24.3 Å². The lowest BCUT2D eigenvalue weighted by Crippen LogP contribution is -2.12. The molecule has 94 valence electrons. The number of benzene rings is 1. The van der Waals surface area contributed by atoms with Crippen molar-refractivity contribution in [1.82, 2.24) is 0 Å². The summed E-state index contributed by atoms with van der Waals surface area (Å²) in [5.41, 5.74) is 2.47. The highest BCUT2D eigenvalue weighted by Gasteiger charge is 1.97. The van der Waals surface area contributed by atoms with Crippen LogP contribution in [-0.2, 0) is 0 Å². The van der Waals surface area contributed by atoms with Crippen LogP contribution in [0.2, 0.25) is 0 Å². The minimum atomic E-state index is 1.24. The number of hydrogen-bond acceptors (Lipinski definition) is 2. The highest BCUT2D eigenvalue weighted by Crippen LogP contribution is 2.18. The summed E-state index contributed by atoms with van der Waals surface area (Å²) in [6.07, 6.45) is 0. The fourth-order valence-corrected chi connectivity index (χ4v) is 1.05. The molecular weight excluding hydrogens is 196 g/mol. The van der Waals surface area contributed by atoms with E-state index in [1.54, 1.807) is 0 Å². The average Bonchev–Trinajstić information content (AvgIpc) is 2.34. The fraction of sp³-hybridized carbons (Fsp3) is 0.571. The summed E-state index contributed by atoms with van der Waals surface area (Å²) in [4.78, 5) is 4.21. The highest BCUT2D eigenvalue weighted by atomic mass is 15.1. The van der Waals surface area contributed by atoms with E-state index in [-0.39, 0.29) is 0 Å². The molecule has 0 saturated carbocycles. The van der Waals surface area contributed by atoms with Gasteiger partial charge >= 0.3 is 0 Å². The second-order valence-corrected chi connectivity index (χ2v) is 3.31. The van der Waals surface area contributed by atoms with E-state index in [4.69, 9.17) is 0 Å². The second-order valence-electron chi connectivity index (χ2n) is 3.31. The molecule has 16 heavy (non-hydrogen) atoms. The van der Waals surface area contributed by atoms with E-state index >= 15 is 0 Å². The molecule has 1 aromatic rings. The molecular formula is C14H28N2. The Morgan fingerprint density at radius 2 is 1.00 bits per heavy atom. The van der Waals surface area contributed by atoms with E-state index < -0.39 is 0 Å². The van der Waals surface area contributed by atoms with Crippen LogP contribution in [0.5, 0.6) is 0 Å². The molecule has 1 rings (SSSR count). The van der Waals surface area contributed by atoms with Gasteiger partial charge in [0.1, 0.15) is 0 Å². The average molecular weight is 224 g/mol. The molecule has 0 saturated heterocycles. The number of rotatable bonds is 2. The third-order valence-electron chi connectivity index (χ3n) is 1.86. The number of hydrogen-bond donors (Lipinski definition) is 0. The molecule has 0 atom stereocenters. The summed E-state index contributed by atoms with van der Waals surface area (Å²) in [6, 6.07) is 8.45. The van der Waals surface area contributed by atoms with Crippen LogP contribution in [0.3, 0.4) is 0 Å². The van der Waals surface area contributed by atoms with E-state index in [2.05, 4.69) is 62.3 Å². The van der Waals surface area contributed by atoms with E-state index in [1.165, 1.54) is 11.4 Å². The lowest BCUT2D eigenvalue weighted by atomic mass is 10.2. The highest BCUT2D eigenvalue weighted by molar-refractivity contribution is 5.58. The molecule has 0 aromatic heterocycles. The molecule has 0 radical (unpaired) electrons. The molecule has 0 aliphatic rings. The molecule has 0 heterocycles. The van der Waals surface area contributed by atoms with Gasteiger partial charge in [-0.3, -0.25) is 0 Å². The normalized spacial score (nSPS) is 8.00. The first-order chi connectivity index (χ1) is 7.61. The van der Waals surface area contributed by atoms with Crippen molar-refractivity contribution in [2.45, 2.75) is 27.7 Å². The Morgan fingerprint density at radius 1 is 0.688 bits per heavy atom. The monoisotopic (exact) mass is 224 g/mol. The molecule has 0 bridgehead atoms. The van der Waals surface area contributed by atoms with Crippen molar-refractivity contribution < 1.29 is 0 Å². The van der Waals surface area contributed by atoms with Crippen LogP contribution in [0.25, 0.3) is 0 Å². The summed E-state index contributed by atoms with van der Waals surface area (Å²) < 4.78 is 0. The molecule has 0 N–H and O–H groups in total. The van der Waals surface area contributed by atoms with Crippen LogP contribution in [0.15, 0.2) is 24.3 Å². The van der Waals surface area contributed by atoms with Gasteiger partial charge in [0, 0.05) is 39.6 Å². The second kappa shape index (κ2) is 10.3. The predicted octanol–water partition coefficient (Wildman–Crippen LogP) is 3.87. The van der Waals surface area contributed by atoms with Crippen molar-refractivity contribution in [3.63, 3.8) is 0 Å². The summed E-state index contributed by atoms with van der Waals surface area (Å²) in [5.74, 6) is 0. The van der Waals surface area contributed by atoms with Gasteiger partial charge in [-0.15, -0.1) is 0 Å². The Hall–Kier alpha value is -1.18. The molecule has 0 aliphatic heterocycles. The van der Waals surface area contributed by atoms with Crippen LogP contribution >= 0.6 is 0 Å². The van der Waals surface area contributed by atoms with Crippen molar-refractivity contribution in [2.75, 3.05) is 38.0 Å². The number of anilines is 2. The Kier molecular flexibility index (Phi) is 11.1. The van der Waals surface area contributed by atoms with Crippen molar-refractivity contribution in [2.24, 2.45) is 0 Å². The van der Waals surface area contributed by atoms with Crippen molar-refractivity contribution in [3.8, 4) is 0 Å². The molecule has 0 aliphatic carbocycles. The SMILES string of the molecule is CC.CC.CN(C)c1cccc(N(C)C)c1. The zero-order valence-corrected chi connectivity index (χ0v) is 12.2. The summed E-state index contributed by atoms with van der Waals surface area (Å²) in [7, 11) is 8.20. The lowest BCUT2D eigenvalue weighted by molar-refractivity contribution is 1.10. The van der Waals surface area contributed by atoms with E-state index in [1.807, 2.05) is 27.7 Å². The van der Waals surface area contributed by atoms with Crippen LogP contribution in [0, 0.1) is 0 Å². The number of nitrogens with zero attached hydrogens (tertiary/aromatic N) is 2. The largest absolute Gasteiger partial charge is 0.378 e. The first kappa shape index (κ1) is 17.2. The Bertz CT molecular complexity index is 231. The fourth-order valence-electron chi connectivity index (χ4n) is 1.05. The van der Waals surface area contributed by atoms with E-state index in [0.29, 0.717) is 0 Å². The third-order valence-corrected chi connectivity index (χ3v) is 1.86. The summed E-state index contributed by atoms with van der Waals surface area (Å²) in [6.45, 7) is 8.00. The van der Waals surface area contributed by atoms with Gasteiger partial charge < -0.3 is 9.80 Å². The van der Waals surface area contributed by atoms with Gasteiger partial charge in [0.25, 0.3) is 0 Å². The van der Waals surface area contributed by atoms with Gasteiger partial charge in [0.05, 0.1) is 0 Å². The first-order valence-corrected chi connectivity index (χ1v) is 6.06. The maximum Gasteiger partial charge on any atom is 0.0381 e. The van der Waals surface area contributed by atoms with Gasteiger partial charge in [0.15, 0.2) is 0 Å². The molecule has 2 heteroatoms. The maximum absolute atomic E-state index is 2.17. The van der Waals surface area contributed by atoms with Crippen molar-refractivity contribution in [1.29, 1.82) is 0 Å². The smallest absolute Gasteiger partial charge is 0.0381 e. The van der Waals surface area contributed by atoms with E-state index in [9.17, 15) is 0 Å². The molecule has 0 fully saturated rings. The Balaban J connectivity index is 0. The van der Waals surface area contributed by atoms with Crippen molar-refractivity contribution >= 4 is 11.4 Å². The molecule has 0 unspecified atom stereocenters.